The molecule has 1 aromatic carbocycles. The van der Waals surface area contributed by atoms with E-state index in [0.29, 0.717) is 37.6 Å². The van der Waals surface area contributed by atoms with Crippen LogP contribution in [0.1, 0.15) is 30.9 Å². The first-order chi connectivity index (χ1) is 8.66. The number of ether oxygens (including phenoxy) is 2. The van der Waals surface area contributed by atoms with Gasteiger partial charge in [0.1, 0.15) is 13.2 Å². The zero-order valence-corrected chi connectivity index (χ0v) is 9.96. The van der Waals surface area contributed by atoms with Gasteiger partial charge in [-0.1, -0.05) is 6.07 Å². The molecular weight excluding hydrogens is 236 g/mol. The first-order valence-electron chi connectivity index (χ1n) is 5.96. The quantitative estimate of drug-likeness (QED) is 0.834. The minimum absolute atomic E-state index is 0.0710. The molecule has 1 aromatic rings. The van der Waals surface area contributed by atoms with Crippen molar-refractivity contribution in [2.45, 2.75) is 25.4 Å². The minimum Gasteiger partial charge on any atom is -0.486 e. The second-order valence-corrected chi connectivity index (χ2v) is 4.20. The maximum atomic E-state index is 10.4. The van der Waals surface area contributed by atoms with Gasteiger partial charge < -0.3 is 19.7 Å². The van der Waals surface area contributed by atoms with Crippen molar-refractivity contribution in [3.63, 3.8) is 0 Å². The summed E-state index contributed by atoms with van der Waals surface area (Å²) < 4.78 is 10.8. The van der Waals surface area contributed by atoms with Crippen LogP contribution in [0.2, 0.25) is 0 Å². The number of hydrogen-bond donors (Lipinski definition) is 2. The Balaban J connectivity index is 1.97. The molecule has 1 aliphatic heterocycles. The molecule has 0 amide bonds. The molecule has 0 aromatic heterocycles. The molecule has 0 bridgehead atoms. The van der Waals surface area contributed by atoms with E-state index in [4.69, 9.17) is 14.6 Å². The van der Waals surface area contributed by atoms with E-state index in [0.717, 1.165) is 5.56 Å². The van der Waals surface area contributed by atoms with Gasteiger partial charge in [-0.15, -0.1) is 0 Å². The van der Waals surface area contributed by atoms with Gasteiger partial charge in [0.2, 0.25) is 0 Å². The molecule has 0 fully saturated rings. The van der Waals surface area contributed by atoms with Crippen molar-refractivity contribution >= 4 is 5.97 Å². The van der Waals surface area contributed by atoms with E-state index in [1.54, 1.807) is 18.2 Å². The normalized spacial score (nSPS) is 15.2. The van der Waals surface area contributed by atoms with Gasteiger partial charge in [-0.3, -0.25) is 4.79 Å². The molecule has 0 spiro atoms. The van der Waals surface area contributed by atoms with E-state index in [2.05, 4.69) is 0 Å². The third kappa shape index (κ3) is 3.13. The SMILES string of the molecule is O=C(O)CCCC(O)c1ccc2c(c1)OCCO2. The van der Waals surface area contributed by atoms with Crippen LogP contribution in [0.25, 0.3) is 0 Å². The summed E-state index contributed by atoms with van der Waals surface area (Å²) in [4.78, 5) is 10.4. The highest BCUT2D eigenvalue weighted by Gasteiger charge is 2.15. The van der Waals surface area contributed by atoms with E-state index >= 15 is 0 Å². The molecule has 2 N–H and O–H groups in total. The number of aliphatic hydroxyl groups is 1. The molecule has 1 heterocycles. The Morgan fingerprint density at radius 2 is 2.00 bits per heavy atom. The van der Waals surface area contributed by atoms with Crippen LogP contribution in [0.5, 0.6) is 11.5 Å². The zero-order chi connectivity index (χ0) is 13.0. The molecule has 1 unspecified atom stereocenters. The lowest BCUT2D eigenvalue weighted by atomic mass is 10.0. The number of aliphatic hydroxyl groups excluding tert-OH is 1. The molecule has 0 saturated heterocycles. The summed E-state index contributed by atoms with van der Waals surface area (Å²) in [6, 6.07) is 5.29. The summed E-state index contributed by atoms with van der Waals surface area (Å²) >= 11 is 0. The first kappa shape index (κ1) is 12.7. The Hall–Kier alpha value is -1.75. The molecule has 2 rings (SSSR count). The van der Waals surface area contributed by atoms with E-state index in [1.165, 1.54) is 0 Å². The van der Waals surface area contributed by atoms with Gasteiger partial charge in [0.05, 0.1) is 6.10 Å². The second kappa shape index (κ2) is 5.73. The van der Waals surface area contributed by atoms with Crippen LogP contribution in [0.15, 0.2) is 18.2 Å². The van der Waals surface area contributed by atoms with Gasteiger partial charge in [-0.2, -0.15) is 0 Å². The average Bonchev–Trinajstić information content (AvgIpc) is 2.37. The summed E-state index contributed by atoms with van der Waals surface area (Å²) in [5.41, 5.74) is 0.727. The summed E-state index contributed by atoms with van der Waals surface area (Å²) in [6.07, 6.45) is 0.276. The van der Waals surface area contributed by atoms with Crippen molar-refractivity contribution in [1.82, 2.24) is 0 Å². The average molecular weight is 252 g/mol. The topological polar surface area (TPSA) is 76.0 Å². The fraction of sp³-hybridized carbons (Fsp3) is 0.462. The van der Waals surface area contributed by atoms with Crippen LogP contribution in [0.4, 0.5) is 0 Å². The predicted molar refractivity (Wildman–Crippen MR) is 63.9 cm³/mol. The standard InChI is InChI=1S/C13H16O5/c14-10(2-1-3-13(15)16)9-4-5-11-12(8-9)18-7-6-17-11/h4-5,8,10,14H,1-3,6-7H2,(H,15,16). The maximum Gasteiger partial charge on any atom is 0.303 e. The zero-order valence-electron chi connectivity index (χ0n) is 9.96. The van der Waals surface area contributed by atoms with E-state index in [1.807, 2.05) is 0 Å². The second-order valence-electron chi connectivity index (χ2n) is 4.20. The third-order valence-corrected chi connectivity index (χ3v) is 2.82. The summed E-state index contributed by atoms with van der Waals surface area (Å²) in [7, 11) is 0. The lowest BCUT2D eigenvalue weighted by Gasteiger charge is -2.20. The van der Waals surface area contributed by atoms with Crippen LogP contribution in [0, 0.1) is 0 Å². The molecule has 5 nitrogen and oxygen atoms in total. The van der Waals surface area contributed by atoms with Crippen molar-refractivity contribution in [3.8, 4) is 11.5 Å². The van der Waals surface area contributed by atoms with Crippen molar-refractivity contribution in [2.24, 2.45) is 0 Å². The number of hydrogen-bond acceptors (Lipinski definition) is 4. The van der Waals surface area contributed by atoms with Crippen LogP contribution in [-0.4, -0.2) is 29.4 Å². The number of fused-ring (bicyclic) bond motifs is 1. The van der Waals surface area contributed by atoms with Crippen molar-refractivity contribution in [1.29, 1.82) is 0 Å². The van der Waals surface area contributed by atoms with Gasteiger partial charge in [0.25, 0.3) is 0 Å². The highest BCUT2D eigenvalue weighted by molar-refractivity contribution is 5.66. The molecule has 5 heteroatoms. The van der Waals surface area contributed by atoms with Crippen LogP contribution < -0.4 is 9.47 Å². The summed E-state index contributed by atoms with van der Waals surface area (Å²) in [5.74, 6) is 0.475. The molecule has 98 valence electrons. The van der Waals surface area contributed by atoms with Gasteiger partial charge >= 0.3 is 5.97 Å². The Kier molecular flexibility index (Phi) is 4.04. The number of benzene rings is 1. The summed E-state index contributed by atoms with van der Waals surface area (Å²) in [6.45, 7) is 1.04. The number of carboxylic acid groups (broad SMARTS) is 1. The Morgan fingerprint density at radius 1 is 1.28 bits per heavy atom. The molecular formula is C13H16O5. The van der Waals surface area contributed by atoms with Gasteiger partial charge in [0.15, 0.2) is 11.5 Å². The van der Waals surface area contributed by atoms with Crippen molar-refractivity contribution in [2.75, 3.05) is 13.2 Å². The monoisotopic (exact) mass is 252 g/mol. The lowest BCUT2D eigenvalue weighted by Crippen LogP contribution is -2.15. The van der Waals surface area contributed by atoms with Gasteiger partial charge in [0, 0.05) is 6.42 Å². The molecule has 0 aliphatic carbocycles. The Morgan fingerprint density at radius 3 is 2.72 bits per heavy atom. The van der Waals surface area contributed by atoms with Crippen LogP contribution in [0.3, 0.4) is 0 Å². The maximum absolute atomic E-state index is 10.4. The molecule has 1 aliphatic rings. The number of carbonyl (C=O) groups is 1. The highest BCUT2D eigenvalue weighted by Crippen LogP contribution is 2.33. The lowest BCUT2D eigenvalue weighted by molar-refractivity contribution is -0.137. The number of rotatable bonds is 5. The third-order valence-electron chi connectivity index (χ3n) is 2.82. The molecule has 1 atom stereocenters. The Bertz CT molecular complexity index is 429. The highest BCUT2D eigenvalue weighted by atomic mass is 16.6. The number of carboxylic acids is 1. The molecule has 0 radical (unpaired) electrons. The molecule has 0 saturated carbocycles. The van der Waals surface area contributed by atoms with Crippen LogP contribution >= 0.6 is 0 Å². The largest absolute Gasteiger partial charge is 0.486 e. The fourth-order valence-electron chi connectivity index (χ4n) is 1.88. The van der Waals surface area contributed by atoms with E-state index in [-0.39, 0.29) is 6.42 Å². The smallest absolute Gasteiger partial charge is 0.303 e. The number of aliphatic carboxylic acids is 1. The van der Waals surface area contributed by atoms with E-state index < -0.39 is 12.1 Å². The summed E-state index contributed by atoms with van der Waals surface area (Å²) in [5, 5.41) is 18.5. The van der Waals surface area contributed by atoms with Gasteiger partial charge in [-0.25, -0.2) is 0 Å². The Labute approximate surface area is 105 Å². The van der Waals surface area contributed by atoms with Crippen LogP contribution in [-0.2, 0) is 4.79 Å². The van der Waals surface area contributed by atoms with E-state index in [9.17, 15) is 9.90 Å². The van der Waals surface area contributed by atoms with Crippen molar-refractivity contribution < 1.29 is 24.5 Å². The fourth-order valence-corrected chi connectivity index (χ4v) is 1.88. The predicted octanol–water partition coefficient (Wildman–Crippen LogP) is 1.75. The van der Waals surface area contributed by atoms with Gasteiger partial charge in [-0.05, 0) is 30.5 Å². The first-order valence-corrected chi connectivity index (χ1v) is 5.96. The van der Waals surface area contributed by atoms with Crippen molar-refractivity contribution in [3.05, 3.63) is 23.8 Å². The minimum atomic E-state index is -0.843. The molecule has 18 heavy (non-hydrogen) atoms.